The van der Waals surface area contributed by atoms with Crippen LogP contribution in [0.3, 0.4) is 0 Å². The van der Waals surface area contributed by atoms with Gasteiger partial charge in [-0.3, -0.25) is 0 Å². The molecule has 2 rings (SSSR count). The van der Waals surface area contributed by atoms with Crippen LogP contribution in [0.4, 0.5) is 10.5 Å². The van der Waals surface area contributed by atoms with Crippen LogP contribution in [0.25, 0.3) is 0 Å². The fourth-order valence-corrected chi connectivity index (χ4v) is 1.74. The van der Waals surface area contributed by atoms with E-state index in [1.165, 1.54) is 12.4 Å². The molecule has 0 radical (unpaired) electrons. The molecule has 8 heteroatoms. The van der Waals surface area contributed by atoms with Gasteiger partial charge in [0, 0.05) is 7.05 Å². The maximum Gasteiger partial charge on any atom is 0.337 e. The van der Waals surface area contributed by atoms with Crippen LogP contribution in [-0.4, -0.2) is 31.9 Å². The zero-order valence-corrected chi connectivity index (χ0v) is 11.6. The number of hydrogen-bond acceptors (Lipinski definition) is 4. The SMILES string of the molecule is Cc1ccc(NC(=O)NCc2nncn2C)c(C(=O)O)c1. The molecule has 21 heavy (non-hydrogen) atoms. The van der Waals surface area contributed by atoms with E-state index in [0.29, 0.717) is 5.82 Å². The third kappa shape index (κ3) is 3.56. The van der Waals surface area contributed by atoms with Gasteiger partial charge in [-0.2, -0.15) is 0 Å². The first kappa shape index (κ1) is 14.5. The Morgan fingerprint density at radius 3 is 2.76 bits per heavy atom. The molecular weight excluding hydrogens is 274 g/mol. The zero-order chi connectivity index (χ0) is 15.4. The number of carboxylic acid groups (broad SMARTS) is 1. The van der Waals surface area contributed by atoms with Gasteiger partial charge in [0.25, 0.3) is 0 Å². The normalized spacial score (nSPS) is 10.2. The fourth-order valence-electron chi connectivity index (χ4n) is 1.74. The van der Waals surface area contributed by atoms with Crippen molar-refractivity contribution in [3.63, 3.8) is 0 Å². The number of carboxylic acids is 1. The van der Waals surface area contributed by atoms with Crippen molar-refractivity contribution in [1.29, 1.82) is 0 Å². The van der Waals surface area contributed by atoms with Gasteiger partial charge < -0.3 is 20.3 Å². The second kappa shape index (κ2) is 6.04. The molecule has 0 fully saturated rings. The third-order valence-corrected chi connectivity index (χ3v) is 2.87. The molecule has 0 spiro atoms. The van der Waals surface area contributed by atoms with Crippen molar-refractivity contribution >= 4 is 17.7 Å². The van der Waals surface area contributed by atoms with Gasteiger partial charge in [0.05, 0.1) is 17.8 Å². The highest BCUT2D eigenvalue weighted by atomic mass is 16.4. The number of nitrogens with one attached hydrogen (secondary N) is 2. The molecular formula is C13H15N5O3. The summed E-state index contributed by atoms with van der Waals surface area (Å²) < 4.78 is 1.68. The lowest BCUT2D eigenvalue weighted by molar-refractivity contribution is 0.0698. The molecule has 2 aromatic rings. The second-order valence-corrected chi connectivity index (χ2v) is 4.52. The Balaban J connectivity index is 2.03. The van der Waals surface area contributed by atoms with Gasteiger partial charge in [-0.25, -0.2) is 9.59 Å². The molecule has 8 nitrogen and oxygen atoms in total. The Kier molecular flexibility index (Phi) is 4.17. The van der Waals surface area contributed by atoms with Crippen LogP contribution in [0, 0.1) is 6.92 Å². The molecule has 0 saturated heterocycles. The smallest absolute Gasteiger partial charge is 0.337 e. The van der Waals surface area contributed by atoms with E-state index in [1.807, 2.05) is 0 Å². The summed E-state index contributed by atoms with van der Waals surface area (Å²) in [4.78, 5) is 23.0. The Labute approximate surface area is 120 Å². The summed E-state index contributed by atoms with van der Waals surface area (Å²) in [6.45, 7) is 1.97. The summed E-state index contributed by atoms with van der Waals surface area (Å²) in [5, 5.41) is 21.8. The van der Waals surface area contributed by atoms with E-state index in [0.717, 1.165) is 5.56 Å². The number of rotatable bonds is 4. The van der Waals surface area contributed by atoms with E-state index in [9.17, 15) is 9.59 Å². The monoisotopic (exact) mass is 289 g/mol. The quantitative estimate of drug-likeness (QED) is 0.782. The highest BCUT2D eigenvalue weighted by molar-refractivity contribution is 6.00. The first-order valence-electron chi connectivity index (χ1n) is 6.19. The molecule has 1 aromatic heterocycles. The van der Waals surface area contributed by atoms with Gasteiger partial charge >= 0.3 is 12.0 Å². The van der Waals surface area contributed by atoms with E-state index in [2.05, 4.69) is 20.8 Å². The van der Waals surface area contributed by atoms with Crippen LogP contribution >= 0.6 is 0 Å². The summed E-state index contributed by atoms with van der Waals surface area (Å²) in [5.74, 6) is -0.505. The number of carbonyl (C=O) groups excluding carboxylic acids is 1. The molecule has 0 atom stereocenters. The van der Waals surface area contributed by atoms with E-state index in [1.54, 1.807) is 30.7 Å². The summed E-state index contributed by atoms with van der Waals surface area (Å²) in [6, 6.07) is 4.27. The average molecular weight is 289 g/mol. The summed E-state index contributed by atoms with van der Waals surface area (Å²) >= 11 is 0. The number of hydrogen-bond donors (Lipinski definition) is 3. The molecule has 1 aromatic carbocycles. The number of anilines is 1. The third-order valence-electron chi connectivity index (χ3n) is 2.87. The second-order valence-electron chi connectivity index (χ2n) is 4.52. The number of nitrogens with zero attached hydrogens (tertiary/aromatic N) is 3. The van der Waals surface area contributed by atoms with E-state index in [-0.39, 0.29) is 17.8 Å². The van der Waals surface area contributed by atoms with Crippen molar-refractivity contribution in [3.8, 4) is 0 Å². The van der Waals surface area contributed by atoms with Crippen LogP contribution in [0.5, 0.6) is 0 Å². The fraction of sp³-hybridized carbons (Fsp3) is 0.231. The molecule has 0 unspecified atom stereocenters. The Morgan fingerprint density at radius 2 is 2.14 bits per heavy atom. The largest absolute Gasteiger partial charge is 0.478 e. The number of aryl methyl sites for hydroxylation is 2. The van der Waals surface area contributed by atoms with E-state index < -0.39 is 12.0 Å². The first-order valence-corrected chi connectivity index (χ1v) is 6.19. The Bertz CT molecular complexity index is 680. The first-order chi connectivity index (χ1) is 9.97. The Hall–Kier alpha value is -2.90. The molecule has 0 aliphatic heterocycles. The van der Waals surface area contributed by atoms with Crippen LogP contribution < -0.4 is 10.6 Å². The number of amides is 2. The van der Waals surface area contributed by atoms with Crippen LogP contribution in [0.1, 0.15) is 21.7 Å². The molecule has 110 valence electrons. The number of benzene rings is 1. The summed E-state index contributed by atoms with van der Waals surface area (Å²) in [7, 11) is 1.76. The molecule has 1 heterocycles. The summed E-state index contributed by atoms with van der Waals surface area (Å²) in [6.07, 6.45) is 1.53. The molecule has 0 bridgehead atoms. The van der Waals surface area contributed by atoms with Crippen molar-refractivity contribution in [3.05, 3.63) is 41.5 Å². The standard InChI is InChI=1S/C13H15N5O3/c1-8-3-4-10(9(5-8)12(19)20)16-13(21)14-6-11-17-15-7-18(11)2/h3-5,7H,6H2,1-2H3,(H,19,20)(H2,14,16,21). The van der Waals surface area contributed by atoms with Crippen molar-refractivity contribution in [2.24, 2.45) is 7.05 Å². The van der Waals surface area contributed by atoms with E-state index in [4.69, 9.17) is 5.11 Å². The van der Waals surface area contributed by atoms with Gasteiger partial charge in [0.1, 0.15) is 6.33 Å². The average Bonchev–Trinajstić information content (AvgIpc) is 2.84. The van der Waals surface area contributed by atoms with Crippen molar-refractivity contribution in [2.75, 3.05) is 5.32 Å². The number of aromatic nitrogens is 3. The lowest BCUT2D eigenvalue weighted by Crippen LogP contribution is -2.29. The minimum atomic E-state index is -1.10. The number of carbonyl (C=O) groups is 2. The lowest BCUT2D eigenvalue weighted by Gasteiger charge is -2.10. The van der Waals surface area contributed by atoms with Gasteiger partial charge in [0.2, 0.25) is 0 Å². The van der Waals surface area contributed by atoms with Gasteiger partial charge in [-0.1, -0.05) is 11.6 Å². The van der Waals surface area contributed by atoms with E-state index >= 15 is 0 Å². The summed E-state index contributed by atoms with van der Waals surface area (Å²) in [5.41, 5.74) is 1.09. The zero-order valence-electron chi connectivity index (χ0n) is 11.6. The van der Waals surface area contributed by atoms with Crippen LogP contribution in [0.15, 0.2) is 24.5 Å². The van der Waals surface area contributed by atoms with Gasteiger partial charge in [-0.05, 0) is 19.1 Å². The maximum absolute atomic E-state index is 11.8. The van der Waals surface area contributed by atoms with Crippen molar-refractivity contribution < 1.29 is 14.7 Å². The topological polar surface area (TPSA) is 109 Å². The predicted molar refractivity (Wildman–Crippen MR) is 75.0 cm³/mol. The van der Waals surface area contributed by atoms with Crippen LogP contribution in [0.2, 0.25) is 0 Å². The number of aromatic carboxylic acids is 1. The van der Waals surface area contributed by atoms with Gasteiger partial charge in [-0.15, -0.1) is 10.2 Å². The molecule has 3 N–H and O–H groups in total. The minimum absolute atomic E-state index is 0.0452. The van der Waals surface area contributed by atoms with Gasteiger partial charge in [0.15, 0.2) is 5.82 Å². The number of urea groups is 1. The molecule has 0 saturated carbocycles. The minimum Gasteiger partial charge on any atom is -0.478 e. The van der Waals surface area contributed by atoms with Crippen LogP contribution in [-0.2, 0) is 13.6 Å². The lowest BCUT2D eigenvalue weighted by atomic mass is 10.1. The molecule has 2 amide bonds. The highest BCUT2D eigenvalue weighted by Crippen LogP contribution is 2.17. The highest BCUT2D eigenvalue weighted by Gasteiger charge is 2.13. The molecule has 0 aliphatic carbocycles. The maximum atomic E-state index is 11.8. The Morgan fingerprint density at radius 1 is 1.38 bits per heavy atom. The molecule has 0 aliphatic rings. The predicted octanol–water partition coefficient (Wildman–Crippen LogP) is 1.14. The van der Waals surface area contributed by atoms with Crippen molar-refractivity contribution in [2.45, 2.75) is 13.5 Å². The van der Waals surface area contributed by atoms with Crippen molar-refractivity contribution in [1.82, 2.24) is 20.1 Å².